The number of hydrogen-bond acceptors (Lipinski definition) is 9. The van der Waals surface area contributed by atoms with E-state index in [0.717, 1.165) is 65.5 Å². The number of carbonyl (C=O) groups is 3. The van der Waals surface area contributed by atoms with E-state index in [2.05, 4.69) is 27.9 Å². The number of fused-ring (bicyclic) bond motifs is 1. The number of urea groups is 1. The number of allylic oxidation sites excluding steroid dienone is 1. The minimum Gasteiger partial charge on any atom is -0.507 e. The zero-order chi connectivity index (χ0) is 45.0. The number of aromatic hydroxyl groups is 1. The van der Waals surface area contributed by atoms with E-state index in [-0.39, 0.29) is 67.0 Å². The van der Waals surface area contributed by atoms with Crippen LogP contribution in [0.4, 0.5) is 19.3 Å². The lowest BCUT2D eigenvalue weighted by atomic mass is 9.86. The molecule has 0 radical (unpaired) electrons. The lowest BCUT2D eigenvalue weighted by Crippen LogP contribution is -2.51. The van der Waals surface area contributed by atoms with Gasteiger partial charge in [0.25, 0.3) is 5.91 Å². The molecule has 7 rings (SSSR count). The van der Waals surface area contributed by atoms with Gasteiger partial charge >= 0.3 is 6.03 Å². The molecule has 0 spiro atoms. The topological polar surface area (TPSA) is 179 Å². The van der Waals surface area contributed by atoms with Gasteiger partial charge < -0.3 is 51.7 Å². The number of halogens is 2. The Bertz CT molecular complexity index is 2380. The molecule has 0 saturated carbocycles. The van der Waals surface area contributed by atoms with E-state index >= 15 is 8.78 Å². The Hall–Kier alpha value is -6.09. The van der Waals surface area contributed by atoms with Gasteiger partial charge in [-0.2, -0.15) is 0 Å². The first kappa shape index (κ1) is 44.9. The van der Waals surface area contributed by atoms with Crippen LogP contribution in [-0.2, 0) is 4.79 Å². The van der Waals surface area contributed by atoms with Crippen LogP contribution in [0.15, 0.2) is 84.5 Å². The van der Waals surface area contributed by atoms with Gasteiger partial charge in [0, 0.05) is 130 Å². The van der Waals surface area contributed by atoms with Crippen LogP contribution in [0.25, 0.3) is 16.6 Å². The standard InChI is InChI=1S/C48H61F2N9O4/c1-31-23-33(9-11-38(31)34-24-35(49)29-57(28-34)43(45(52)53)26-41(51)39-7-4-5-8-44(39)61)46(62)56-20-15-48(50,16-21-56)30-55-18-13-36(14-19-55)59-27-32(2)40-25-37(10-12-42(40)59)58(17-6-22-60)47(63)54-3/h4-5,7-12,22-23,25-27,34-36,61H,6,13-21,24,28-30,51-53H2,1-3H3,(H,54,63)/b41-26-. The maximum atomic E-state index is 16.4. The summed E-state index contributed by atoms with van der Waals surface area (Å²) in [6.07, 6.45) is 6.18. The summed E-state index contributed by atoms with van der Waals surface area (Å²) in [5, 5.41) is 14.0. The van der Waals surface area contributed by atoms with Crippen LogP contribution < -0.4 is 27.4 Å². The molecular formula is C48H61F2N9O4. The molecule has 4 aromatic rings. The van der Waals surface area contributed by atoms with Crippen molar-refractivity contribution >= 4 is 40.5 Å². The third-order valence-electron chi connectivity index (χ3n) is 13.2. The molecule has 3 aliphatic heterocycles. The van der Waals surface area contributed by atoms with Crippen LogP contribution in [0.1, 0.15) is 83.1 Å². The number of likely N-dealkylation sites (tertiary alicyclic amines) is 3. The molecule has 0 aliphatic carbocycles. The Labute approximate surface area is 368 Å². The van der Waals surface area contributed by atoms with E-state index in [4.69, 9.17) is 17.2 Å². The van der Waals surface area contributed by atoms with Gasteiger partial charge in [-0.1, -0.05) is 18.2 Å². The van der Waals surface area contributed by atoms with Crippen LogP contribution in [0, 0.1) is 13.8 Å². The largest absolute Gasteiger partial charge is 0.507 e. The zero-order valence-electron chi connectivity index (χ0n) is 36.5. The monoisotopic (exact) mass is 865 g/mol. The van der Waals surface area contributed by atoms with Crippen molar-refractivity contribution < 1.29 is 28.3 Å². The number of piperidine rings is 3. The first-order valence-electron chi connectivity index (χ1n) is 21.9. The highest BCUT2D eigenvalue weighted by atomic mass is 19.1. The molecule has 3 fully saturated rings. The number of nitrogens with one attached hydrogen (secondary N) is 1. The third kappa shape index (κ3) is 9.93. The second-order valence-corrected chi connectivity index (χ2v) is 17.5. The molecule has 3 amide bonds. The minimum absolute atomic E-state index is 0.00504. The smallest absolute Gasteiger partial charge is 0.321 e. The number of benzene rings is 3. The number of nitrogens with zero attached hydrogens (tertiary/aromatic N) is 5. The molecule has 15 heteroatoms. The summed E-state index contributed by atoms with van der Waals surface area (Å²) in [5.41, 5.74) is 23.4. The summed E-state index contributed by atoms with van der Waals surface area (Å²) < 4.78 is 34.1. The molecule has 8 N–H and O–H groups in total. The molecule has 336 valence electrons. The molecule has 2 unspecified atom stereocenters. The number of amides is 3. The number of aromatic nitrogens is 1. The van der Waals surface area contributed by atoms with Gasteiger partial charge in [0.1, 0.15) is 29.7 Å². The van der Waals surface area contributed by atoms with Gasteiger partial charge in [0.05, 0.1) is 5.70 Å². The van der Waals surface area contributed by atoms with Gasteiger partial charge in [-0.25, -0.2) is 13.6 Å². The fraction of sp³-hybridized carbons (Fsp3) is 0.438. The van der Waals surface area contributed by atoms with Crippen molar-refractivity contribution in [2.24, 2.45) is 17.2 Å². The van der Waals surface area contributed by atoms with Gasteiger partial charge in [0.2, 0.25) is 0 Å². The number of aryl methyl sites for hydroxylation is 2. The lowest BCUT2D eigenvalue weighted by molar-refractivity contribution is -0.107. The van der Waals surface area contributed by atoms with Crippen molar-refractivity contribution in [3.05, 3.63) is 112 Å². The second-order valence-electron chi connectivity index (χ2n) is 17.5. The SMILES string of the molecule is CNC(=O)N(CCC=O)c1ccc2c(c1)c(C)cn2C1CCN(CC2(F)CCN(C(=O)c3ccc(C4CC(F)CN(C(/C=C(\N)c5ccccc5O)=C(N)N)C4)c(C)c3)CC2)CC1. The maximum Gasteiger partial charge on any atom is 0.321 e. The molecule has 3 aliphatic rings. The summed E-state index contributed by atoms with van der Waals surface area (Å²) in [6, 6.07) is 18.1. The van der Waals surface area contributed by atoms with Crippen molar-refractivity contribution in [2.75, 3.05) is 64.3 Å². The van der Waals surface area contributed by atoms with Crippen LogP contribution >= 0.6 is 0 Å². The predicted octanol–water partition coefficient (Wildman–Crippen LogP) is 6.19. The van der Waals surface area contributed by atoms with Gasteiger partial charge in [-0.15, -0.1) is 0 Å². The Kier molecular flexibility index (Phi) is 13.6. The highest BCUT2D eigenvalue weighted by Gasteiger charge is 2.39. The number of hydrogen-bond donors (Lipinski definition) is 5. The highest BCUT2D eigenvalue weighted by Crippen LogP contribution is 2.37. The maximum absolute atomic E-state index is 16.4. The van der Waals surface area contributed by atoms with E-state index in [1.165, 1.54) is 6.07 Å². The number of aldehydes is 1. The summed E-state index contributed by atoms with van der Waals surface area (Å²) >= 11 is 0. The lowest BCUT2D eigenvalue weighted by Gasteiger charge is -2.41. The Balaban J connectivity index is 0.932. The normalized spacial score (nSPS) is 19.8. The van der Waals surface area contributed by atoms with Crippen LogP contribution in [-0.4, -0.2) is 114 Å². The Morgan fingerprint density at radius 3 is 2.35 bits per heavy atom. The van der Waals surface area contributed by atoms with Crippen LogP contribution in [0.3, 0.4) is 0 Å². The van der Waals surface area contributed by atoms with E-state index in [1.807, 2.05) is 37.3 Å². The number of phenolic OH excluding ortho intramolecular Hbond substituents is 1. The first-order valence-corrected chi connectivity index (χ1v) is 21.9. The Morgan fingerprint density at radius 2 is 1.68 bits per heavy atom. The van der Waals surface area contributed by atoms with Crippen molar-refractivity contribution in [3.63, 3.8) is 0 Å². The zero-order valence-corrected chi connectivity index (χ0v) is 36.5. The number of alkyl halides is 2. The molecular weight excluding hydrogens is 805 g/mol. The van der Waals surface area contributed by atoms with Crippen LogP contribution in [0.2, 0.25) is 0 Å². The quantitative estimate of drug-likeness (QED) is 0.0820. The van der Waals surface area contributed by atoms with Gasteiger partial charge in [-0.3, -0.25) is 9.69 Å². The summed E-state index contributed by atoms with van der Waals surface area (Å²) in [5.74, 6) is -0.369. The van der Waals surface area contributed by atoms with E-state index < -0.39 is 11.8 Å². The summed E-state index contributed by atoms with van der Waals surface area (Å²) in [7, 11) is 1.58. The third-order valence-corrected chi connectivity index (χ3v) is 13.2. The number of anilines is 1. The fourth-order valence-electron chi connectivity index (χ4n) is 9.78. The average molecular weight is 866 g/mol. The molecule has 63 heavy (non-hydrogen) atoms. The minimum atomic E-state index is -1.39. The Morgan fingerprint density at radius 1 is 0.952 bits per heavy atom. The average Bonchev–Trinajstić information content (AvgIpc) is 3.60. The number of para-hydroxylation sites is 1. The van der Waals surface area contributed by atoms with E-state index in [0.29, 0.717) is 56.0 Å². The van der Waals surface area contributed by atoms with E-state index in [9.17, 15) is 19.5 Å². The predicted molar refractivity (Wildman–Crippen MR) is 244 cm³/mol. The molecule has 3 aromatic carbocycles. The van der Waals surface area contributed by atoms with Gasteiger partial charge in [-0.05, 0) is 98.3 Å². The second kappa shape index (κ2) is 19.1. The van der Waals surface area contributed by atoms with Crippen molar-refractivity contribution in [3.8, 4) is 5.75 Å². The van der Waals surface area contributed by atoms with Crippen molar-refractivity contribution in [1.82, 2.24) is 24.6 Å². The molecule has 3 saturated heterocycles. The summed E-state index contributed by atoms with van der Waals surface area (Å²) in [6.45, 7) is 7.28. The highest BCUT2D eigenvalue weighted by molar-refractivity contribution is 5.96. The number of rotatable bonds is 12. The number of nitrogens with two attached hydrogens (primary N) is 3. The van der Waals surface area contributed by atoms with E-state index in [1.54, 1.807) is 52.1 Å². The fourth-order valence-corrected chi connectivity index (χ4v) is 9.78. The molecule has 0 bridgehead atoms. The van der Waals surface area contributed by atoms with Gasteiger partial charge in [0.15, 0.2) is 0 Å². The molecule has 4 heterocycles. The molecule has 1 aromatic heterocycles. The summed E-state index contributed by atoms with van der Waals surface area (Å²) in [4.78, 5) is 44.7. The first-order chi connectivity index (χ1) is 30.2. The van der Waals surface area contributed by atoms with Crippen molar-refractivity contribution in [1.29, 1.82) is 0 Å². The molecule has 13 nitrogen and oxygen atoms in total. The number of carbonyl (C=O) groups excluding carboxylic acids is 3. The molecule has 2 atom stereocenters. The number of phenols is 1. The van der Waals surface area contributed by atoms with Crippen molar-refractivity contribution in [2.45, 2.75) is 76.2 Å². The van der Waals surface area contributed by atoms with Crippen LogP contribution in [0.5, 0.6) is 5.75 Å².